The third kappa shape index (κ3) is 2.74. The first-order chi connectivity index (χ1) is 11.8. The van der Waals surface area contributed by atoms with Crippen LogP contribution in [0.5, 0.6) is 0 Å². The minimum absolute atomic E-state index is 0.0428. The molecule has 0 bridgehead atoms. The highest BCUT2D eigenvalue weighted by Crippen LogP contribution is 2.28. The number of pyridine rings is 2. The first-order valence-electron chi connectivity index (χ1n) is 7.99. The predicted molar refractivity (Wildman–Crippen MR) is 91.7 cm³/mol. The summed E-state index contributed by atoms with van der Waals surface area (Å²) < 4.78 is 5.32. The topological polar surface area (TPSA) is 55.3 Å². The van der Waals surface area contributed by atoms with E-state index in [1.54, 1.807) is 12.4 Å². The molecular formula is C19H17N3O2. The van der Waals surface area contributed by atoms with Gasteiger partial charge in [-0.1, -0.05) is 6.07 Å². The van der Waals surface area contributed by atoms with Crippen LogP contribution in [0, 0.1) is 0 Å². The van der Waals surface area contributed by atoms with Gasteiger partial charge in [0.25, 0.3) is 5.91 Å². The summed E-state index contributed by atoms with van der Waals surface area (Å²) in [7, 11) is 0. The highest BCUT2D eigenvalue weighted by molar-refractivity contribution is 6.02. The summed E-state index contributed by atoms with van der Waals surface area (Å²) in [4.78, 5) is 23.2. The number of amides is 1. The predicted octanol–water partition coefficient (Wildman–Crippen LogP) is 2.77. The molecule has 1 aliphatic heterocycles. The van der Waals surface area contributed by atoms with Crippen LogP contribution in [0.4, 0.5) is 0 Å². The van der Waals surface area contributed by atoms with E-state index in [1.807, 2.05) is 47.5 Å². The lowest BCUT2D eigenvalue weighted by molar-refractivity contribution is 0.0303. The Hall–Kier alpha value is -2.79. The molecule has 1 amide bonds. The zero-order valence-electron chi connectivity index (χ0n) is 13.2. The minimum Gasteiger partial charge on any atom is -0.378 e. The average molecular weight is 319 g/mol. The molecule has 3 heterocycles. The Morgan fingerprint density at radius 1 is 1.08 bits per heavy atom. The zero-order chi connectivity index (χ0) is 16.4. The Kier molecular flexibility index (Phi) is 3.92. The monoisotopic (exact) mass is 319 g/mol. The Labute approximate surface area is 139 Å². The number of nitrogens with zero attached hydrogens (tertiary/aromatic N) is 3. The summed E-state index contributed by atoms with van der Waals surface area (Å²) in [5, 5.41) is 0.963. The molecule has 1 aromatic carbocycles. The highest BCUT2D eigenvalue weighted by Gasteiger charge is 2.19. The Bertz CT molecular complexity index is 874. The molecule has 4 rings (SSSR count). The Balaban J connectivity index is 1.78. The number of fused-ring (bicyclic) bond motifs is 1. The maximum absolute atomic E-state index is 12.7. The number of carbonyl (C=O) groups is 1. The summed E-state index contributed by atoms with van der Waals surface area (Å²) in [5.74, 6) is 0.0428. The maximum Gasteiger partial charge on any atom is 0.254 e. The maximum atomic E-state index is 12.7. The van der Waals surface area contributed by atoms with E-state index < -0.39 is 0 Å². The van der Waals surface area contributed by atoms with Crippen LogP contribution < -0.4 is 0 Å². The van der Waals surface area contributed by atoms with E-state index >= 15 is 0 Å². The van der Waals surface area contributed by atoms with Gasteiger partial charge in [0.05, 0.1) is 18.7 Å². The van der Waals surface area contributed by atoms with Gasteiger partial charge in [-0.2, -0.15) is 0 Å². The molecule has 0 aliphatic carbocycles. The highest BCUT2D eigenvalue weighted by atomic mass is 16.5. The van der Waals surface area contributed by atoms with E-state index in [1.165, 1.54) is 0 Å². The largest absolute Gasteiger partial charge is 0.378 e. The lowest BCUT2D eigenvalue weighted by Crippen LogP contribution is -2.40. The van der Waals surface area contributed by atoms with Crippen molar-refractivity contribution in [1.29, 1.82) is 0 Å². The van der Waals surface area contributed by atoms with Crippen molar-refractivity contribution < 1.29 is 9.53 Å². The summed E-state index contributed by atoms with van der Waals surface area (Å²) in [6.07, 6.45) is 5.36. The van der Waals surface area contributed by atoms with Crippen molar-refractivity contribution in [2.24, 2.45) is 0 Å². The third-order valence-corrected chi connectivity index (χ3v) is 4.26. The number of rotatable bonds is 2. The van der Waals surface area contributed by atoms with Gasteiger partial charge in [-0.3, -0.25) is 14.8 Å². The van der Waals surface area contributed by atoms with Gasteiger partial charge in [-0.05, 0) is 35.9 Å². The van der Waals surface area contributed by atoms with E-state index in [9.17, 15) is 4.79 Å². The minimum atomic E-state index is 0.0428. The van der Waals surface area contributed by atoms with Crippen LogP contribution in [-0.2, 0) is 4.74 Å². The SMILES string of the molecule is O=C(c1ccc2nccc(-c3cccnc3)c2c1)N1CCOCC1. The molecule has 0 saturated carbocycles. The molecule has 5 heteroatoms. The second-order valence-electron chi connectivity index (χ2n) is 5.74. The van der Waals surface area contributed by atoms with Crippen LogP contribution in [0.2, 0.25) is 0 Å². The first kappa shape index (κ1) is 14.8. The molecule has 0 atom stereocenters. The fourth-order valence-electron chi connectivity index (χ4n) is 3.00. The number of carbonyl (C=O) groups excluding carboxylic acids is 1. The van der Waals surface area contributed by atoms with Gasteiger partial charge >= 0.3 is 0 Å². The first-order valence-corrected chi connectivity index (χ1v) is 7.99. The second-order valence-corrected chi connectivity index (χ2v) is 5.74. The van der Waals surface area contributed by atoms with Gasteiger partial charge in [0.1, 0.15) is 0 Å². The van der Waals surface area contributed by atoms with Crippen molar-refractivity contribution in [1.82, 2.24) is 14.9 Å². The molecule has 24 heavy (non-hydrogen) atoms. The Morgan fingerprint density at radius 3 is 2.75 bits per heavy atom. The average Bonchev–Trinajstić information content (AvgIpc) is 2.68. The van der Waals surface area contributed by atoms with Crippen LogP contribution in [0.1, 0.15) is 10.4 Å². The summed E-state index contributed by atoms with van der Waals surface area (Å²) in [5.41, 5.74) is 3.60. The van der Waals surface area contributed by atoms with Gasteiger partial charge in [0, 0.05) is 48.2 Å². The van der Waals surface area contributed by atoms with Crippen molar-refractivity contribution in [3.05, 3.63) is 60.6 Å². The quantitative estimate of drug-likeness (QED) is 0.729. The zero-order valence-corrected chi connectivity index (χ0v) is 13.2. The standard InChI is InChI=1S/C19H17N3O2/c23-19(22-8-10-24-11-9-22)14-3-4-18-17(12-14)16(5-7-21-18)15-2-1-6-20-13-15/h1-7,12-13H,8-11H2. The molecule has 0 radical (unpaired) electrons. The fourth-order valence-corrected chi connectivity index (χ4v) is 3.00. The molecule has 1 aliphatic rings. The van der Waals surface area contributed by atoms with Crippen molar-refractivity contribution in [3.8, 4) is 11.1 Å². The molecule has 5 nitrogen and oxygen atoms in total. The van der Waals surface area contributed by atoms with Gasteiger partial charge in [-0.15, -0.1) is 0 Å². The molecule has 0 unspecified atom stereocenters. The Morgan fingerprint density at radius 2 is 1.96 bits per heavy atom. The van der Waals surface area contributed by atoms with Crippen molar-refractivity contribution in [2.45, 2.75) is 0 Å². The van der Waals surface area contributed by atoms with Crippen molar-refractivity contribution in [3.63, 3.8) is 0 Å². The van der Waals surface area contributed by atoms with E-state index in [0.29, 0.717) is 31.9 Å². The van der Waals surface area contributed by atoms with Crippen molar-refractivity contribution in [2.75, 3.05) is 26.3 Å². The van der Waals surface area contributed by atoms with Gasteiger partial charge in [0.15, 0.2) is 0 Å². The van der Waals surface area contributed by atoms with Crippen LogP contribution in [0.15, 0.2) is 55.0 Å². The van der Waals surface area contributed by atoms with Crippen LogP contribution in [-0.4, -0.2) is 47.1 Å². The van der Waals surface area contributed by atoms with Gasteiger partial charge < -0.3 is 9.64 Å². The van der Waals surface area contributed by atoms with E-state index in [4.69, 9.17) is 4.74 Å². The molecule has 1 fully saturated rings. The van der Waals surface area contributed by atoms with Gasteiger partial charge in [-0.25, -0.2) is 0 Å². The molecule has 2 aromatic heterocycles. The molecule has 1 saturated heterocycles. The number of hydrogen-bond donors (Lipinski definition) is 0. The fraction of sp³-hybridized carbons (Fsp3) is 0.211. The third-order valence-electron chi connectivity index (χ3n) is 4.26. The number of benzene rings is 1. The molecule has 0 spiro atoms. The molecular weight excluding hydrogens is 302 g/mol. The van der Waals surface area contributed by atoms with Crippen LogP contribution >= 0.6 is 0 Å². The van der Waals surface area contributed by atoms with E-state index in [0.717, 1.165) is 22.0 Å². The summed E-state index contributed by atoms with van der Waals surface area (Å²) in [6.45, 7) is 2.47. The normalized spacial score (nSPS) is 14.8. The molecule has 0 N–H and O–H groups in total. The number of aromatic nitrogens is 2. The van der Waals surface area contributed by atoms with Gasteiger partial charge in [0.2, 0.25) is 0 Å². The molecule has 3 aromatic rings. The number of morpholine rings is 1. The molecule has 120 valence electrons. The smallest absolute Gasteiger partial charge is 0.254 e. The van der Waals surface area contributed by atoms with E-state index in [2.05, 4.69) is 9.97 Å². The lowest BCUT2D eigenvalue weighted by atomic mass is 10.0. The van der Waals surface area contributed by atoms with Crippen molar-refractivity contribution >= 4 is 16.8 Å². The lowest BCUT2D eigenvalue weighted by Gasteiger charge is -2.27. The number of hydrogen-bond acceptors (Lipinski definition) is 4. The van der Waals surface area contributed by atoms with E-state index in [-0.39, 0.29) is 5.91 Å². The van der Waals surface area contributed by atoms with Crippen LogP contribution in [0.25, 0.3) is 22.0 Å². The summed E-state index contributed by atoms with van der Waals surface area (Å²) in [6, 6.07) is 11.6. The van der Waals surface area contributed by atoms with Crippen LogP contribution in [0.3, 0.4) is 0 Å². The summed E-state index contributed by atoms with van der Waals surface area (Å²) >= 11 is 0. The number of ether oxygens (including phenoxy) is 1. The second kappa shape index (κ2) is 6.37.